The van der Waals surface area contributed by atoms with Crippen molar-refractivity contribution in [3.8, 4) is 0 Å². The minimum absolute atomic E-state index is 0.515. The van der Waals surface area contributed by atoms with Crippen LogP contribution in [-0.4, -0.2) is 18.1 Å². The fraction of sp³-hybridized carbons (Fsp3) is 0.133. The summed E-state index contributed by atoms with van der Waals surface area (Å²) in [5.74, 6) is -0.998. The van der Waals surface area contributed by atoms with Crippen molar-refractivity contribution in [1.29, 1.82) is 0 Å². The van der Waals surface area contributed by atoms with E-state index in [-0.39, 0.29) is 0 Å². The van der Waals surface area contributed by atoms with Crippen LogP contribution < -0.4 is 4.90 Å². The molecule has 0 atom stereocenters. The number of benzene rings is 1. The van der Waals surface area contributed by atoms with Gasteiger partial charge in [0.2, 0.25) is 0 Å². The molecule has 6 heteroatoms. The van der Waals surface area contributed by atoms with E-state index < -0.39 is 5.97 Å². The summed E-state index contributed by atoms with van der Waals surface area (Å²) in [5.41, 5.74) is 1.63. The summed E-state index contributed by atoms with van der Waals surface area (Å²) >= 11 is 13.6. The number of thiophene rings is 1. The third-order valence-corrected chi connectivity index (χ3v) is 4.40. The average molecular weight is 342 g/mol. The highest BCUT2D eigenvalue weighted by Crippen LogP contribution is 2.27. The van der Waals surface area contributed by atoms with Crippen molar-refractivity contribution >= 4 is 52.3 Å². The lowest BCUT2D eigenvalue weighted by molar-refractivity contribution is -0.131. The van der Waals surface area contributed by atoms with Crippen LogP contribution in [0.5, 0.6) is 0 Å². The number of carbonyl (C=O) groups is 1. The largest absolute Gasteiger partial charge is 0.478 e. The molecule has 2 aromatic rings. The maximum atomic E-state index is 10.5. The average Bonchev–Trinajstić information content (AvgIpc) is 2.82. The molecule has 0 saturated heterocycles. The molecular weight excluding hydrogens is 329 g/mol. The van der Waals surface area contributed by atoms with Crippen LogP contribution in [0.15, 0.2) is 36.4 Å². The Morgan fingerprint density at radius 3 is 2.67 bits per heavy atom. The number of aliphatic carboxylic acids is 1. The molecule has 0 radical (unpaired) electrons. The summed E-state index contributed by atoms with van der Waals surface area (Å²) in [5, 5.41) is 9.14. The van der Waals surface area contributed by atoms with Crippen molar-refractivity contribution in [2.45, 2.75) is 6.54 Å². The molecule has 1 heterocycles. The predicted molar refractivity (Wildman–Crippen MR) is 89.6 cm³/mol. The summed E-state index contributed by atoms with van der Waals surface area (Å²) < 4.78 is 0.769. The third kappa shape index (κ3) is 4.49. The van der Waals surface area contributed by atoms with Crippen LogP contribution in [0.1, 0.15) is 10.4 Å². The highest BCUT2D eigenvalue weighted by atomic mass is 35.5. The van der Waals surface area contributed by atoms with Gasteiger partial charge in [-0.1, -0.05) is 29.3 Å². The zero-order valence-corrected chi connectivity index (χ0v) is 13.5. The summed E-state index contributed by atoms with van der Waals surface area (Å²) in [4.78, 5) is 13.7. The zero-order chi connectivity index (χ0) is 15.4. The smallest absolute Gasteiger partial charge is 0.328 e. The molecule has 0 amide bonds. The molecule has 0 aliphatic rings. The molecule has 0 fully saturated rings. The second-order valence-electron chi connectivity index (χ2n) is 4.44. The van der Waals surface area contributed by atoms with Gasteiger partial charge in [-0.3, -0.25) is 0 Å². The van der Waals surface area contributed by atoms with Crippen LogP contribution in [0.2, 0.25) is 9.36 Å². The van der Waals surface area contributed by atoms with Crippen molar-refractivity contribution < 1.29 is 9.90 Å². The molecular formula is C15H13Cl2NO2S. The van der Waals surface area contributed by atoms with E-state index in [0.717, 1.165) is 27.5 Å². The Balaban J connectivity index is 2.13. The van der Waals surface area contributed by atoms with Gasteiger partial charge in [0.1, 0.15) is 0 Å². The molecule has 0 bridgehead atoms. The number of rotatable bonds is 5. The molecule has 2 rings (SSSR count). The van der Waals surface area contributed by atoms with Crippen molar-refractivity contribution in [2.24, 2.45) is 0 Å². The molecule has 0 saturated carbocycles. The third-order valence-electron chi connectivity index (χ3n) is 2.85. The molecule has 3 nitrogen and oxygen atoms in total. The topological polar surface area (TPSA) is 40.5 Å². The van der Waals surface area contributed by atoms with Crippen molar-refractivity contribution in [2.75, 3.05) is 11.9 Å². The Morgan fingerprint density at radius 1 is 1.33 bits per heavy atom. The SMILES string of the molecule is CN(Cc1ccc(Cl)s1)c1ccc(/C=C/C(=O)O)c(Cl)c1. The number of halogens is 2. The number of carboxylic acid groups (broad SMARTS) is 1. The van der Waals surface area contributed by atoms with Gasteiger partial charge >= 0.3 is 5.97 Å². The summed E-state index contributed by atoms with van der Waals surface area (Å²) in [7, 11) is 1.96. The van der Waals surface area contributed by atoms with Gasteiger partial charge in [-0.15, -0.1) is 11.3 Å². The van der Waals surface area contributed by atoms with E-state index in [2.05, 4.69) is 4.90 Å². The van der Waals surface area contributed by atoms with Gasteiger partial charge in [0.05, 0.1) is 10.9 Å². The highest BCUT2D eigenvalue weighted by molar-refractivity contribution is 7.16. The first-order chi connectivity index (χ1) is 9.95. The van der Waals surface area contributed by atoms with Crippen LogP contribution >= 0.6 is 34.5 Å². The summed E-state index contributed by atoms with van der Waals surface area (Å²) in [6.07, 6.45) is 2.55. The minimum atomic E-state index is -0.998. The van der Waals surface area contributed by atoms with E-state index in [9.17, 15) is 4.79 Å². The van der Waals surface area contributed by atoms with Crippen molar-refractivity contribution in [3.05, 3.63) is 56.2 Å². The quantitative estimate of drug-likeness (QED) is 0.795. The van der Waals surface area contributed by atoms with E-state index in [0.29, 0.717) is 10.6 Å². The summed E-state index contributed by atoms with van der Waals surface area (Å²) in [6, 6.07) is 9.40. The number of nitrogens with zero attached hydrogens (tertiary/aromatic N) is 1. The fourth-order valence-corrected chi connectivity index (χ4v) is 3.19. The lowest BCUT2D eigenvalue weighted by atomic mass is 10.2. The van der Waals surface area contributed by atoms with Gasteiger partial charge < -0.3 is 10.0 Å². The van der Waals surface area contributed by atoms with Crippen molar-refractivity contribution in [1.82, 2.24) is 0 Å². The number of carboxylic acids is 1. The molecule has 110 valence electrons. The second kappa shape index (κ2) is 6.98. The Kier molecular flexibility index (Phi) is 5.28. The normalized spacial score (nSPS) is 11.0. The molecule has 1 aromatic carbocycles. The van der Waals surface area contributed by atoms with Crippen LogP contribution in [0, 0.1) is 0 Å². The van der Waals surface area contributed by atoms with E-state index in [4.69, 9.17) is 28.3 Å². The van der Waals surface area contributed by atoms with Crippen LogP contribution in [0.4, 0.5) is 5.69 Å². The molecule has 0 aliphatic carbocycles. The standard InChI is InChI=1S/C15H13Cl2NO2S/c1-18(9-12-5-6-14(17)21-12)11-4-2-10(13(16)8-11)3-7-15(19)20/h2-8H,9H2,1H3,(H,19,20)/b7-3+. The zero-order valence-electron chi connectivity index (χ0n) is 11.2. The highest BCUT2D eigenvalue weighted by Gasteiger charge is 2.07. The number of anilines is 1. The molecule has 1 N–H and O–H groups in total. The molecule has 0 spiro atoms. The second-order valence-corrected chi connectivity index (χ2v) is 6.65. The molecule has 0 aliphatic heterocycles. The Bertz CT molecular complexity index is 682. The van der Waals surface area contributed by atoms with Gasteiger partial charge in [0.15, 0.2) is 0 Å². The van der Waals surface area contributed by atoms with Gasteiger partial charge in [-0.2, -0.15) is 0 Å². The van der Waals surface area contributed by atoms with Gasteiger partial charge in [0.25, 0.3) is 0 Å². The van der Waals surface area contributed by atoms with Crippen LogP contribution in [-0.2, 0) is 11.3 Å². The molecule has 21 heavy (non-hydrogen) atoms. The van der Waals surface area contributed by atoms with Gasteiger partial charge in [-0.25, -0.2) is 4.79 Å². The van der Waals surface area contributed by atoms with E-state index >= 15 is 0 Å². The Hall–Kier alpha value is -1.49. The maximum Gasteiger partial charge on any atom is 0.328 e. The fourth-order valence-electron chi connectivity index (χ4n) is 1.81. The molecule has 0 unspecified atom stereocenters. The van der Waals surface area contributed by atoms with E-state index in [1.807, 2.05) is 31.3 Å². The first-order valence-corrected chi connectivity index (χ1v) is 7.69. The van der Waals surface area contributed by atoms with E-state index in [1.165, 1.54) is 6.08 Å². The maximum absolute atomic E-state index is 10.5. The first kappa shape index (κ1) is 15.9. The molecule has 1 aromatic heterocycles. The van der Waals surface area contributed by atoms with Gasteiger partial charge in [-0.05, 0) is 35.9 Å². The van der Waals surface area contributed by atoms with E-state index in [1.54, 1.807) is 17.4 Å². The Morgan fingerprint density at radius 2 is 2.10 bits per heavy atom. The summed E-state index contributed by atoms with van der Waals surface area (Å²) in [6.45, 7) is 0.734. The number of hydrogen-bond donors (Lipinski definition) is 1. The Labute approximate surface area is 137 Å². The van der Waals surface area contributed by atoms with Crippen LogP contribution in [0.3, 0.4) is 0 Å². The predicted octanol–water partition coefficient (Wildman–Crippen LogP) is 4.79. The van der Waals surface area contributed by atoms with Crippen LogP contribution in [0.25, 0.3) is 6.08 Å². The van der Waals surface area contributed by atoms with Gasteiger partial charge in [0, 0.05) is 28.7 Å². The monoisotopic (exact) mass is 341 g/mol. The lowest BCUT2D eigenvalue weighted by Crippen LogP contribution is -2.15. The van der Waals surface area contributed by atoms with Crippen molar-refractivity contribution in [3.63, 3.8) is 0 Å². The lowest BCUT2D eigenvalue weighted by Gasteiger charge is -2.19. The number of hydrogen-bond acceptors (Lipinski definition) is 3. The minimum Gasteiger partial charge on any atom is -0.478 e. The first-order valence-electron chi connectivity index (χ1n) is 6.11.